The van der Waals surface area contributed by atoms with Crippen LogP contribution in [0.2, 0.25) is 0 Å². The summed E-state index contributed by atoms with van der Waals surface area (Å²) in [6, 6.07) is 2.00. The highest BCUT2D eigenvalue weighted by atomic mass is 32.2. The Morgan fingerprint density at radius 2 is 2.42 bits per heavy atom. The Morgan fingerprint density at radius 3 is 3.05 bits per heavy atom. The van der Waals surface area contributed by atoms with Crippen LogP contribution in [-0.4, -0.2) is 55.2 Å². The quantitative estimate of drug-likeness (QED) is 0.781. The van der Waals surface area contributed by atoms with E-state index in [-0.39, 0.29) is 11.8 Å². The van der Waals surface area contributed by atoms with Crippen molar-refractivity contribution in [1.82, 2.24) is 14.7 Å². The number of sulfone groups is 1. The second-order valence-corrected chi connectivity index (χ2v) is 6.61. The van der Waals surface area contributed by atoms with Crippen LogP contribution in [0.25, 0.3) is 0 Å². The Labute approximate surface area is 113 Å². The highest BCUT2D eigenvalue weighted by Gasteiger charge is 2.27. The minimum Gasteiger partial charge on any atom is -0.378 e. The van der Waals surface area contributed by atoms with E-state index in [1.165, 1.54) is 0 Å². The number of morpholine rings is 1. The monoisotopic (exact) mass is 285 g/mol. The van der Waals surface area contributed by atoms with Crippen LogP contribution in [-0.2, 0) is 21.6 Å². The van der Waals surface area contributed by atoms with Crippen molar-refractivity contribution in [3.63, 3.8) is 0 Å². The lowest BCUT2D eigenvalue weighted by molar-refractivity contribution is -0.00822. The molecule has 7 heteroatoms. The molecule has 0 saturated carbocycles. The zero-order valence-corrected chi connectivity index (χ0v) is 11.8. The lowest BCUT2D eigenvalue weighted by atomic mass is 10.1. The zero-order valence-electron chi connectivity index (χ0n) is 11.0. The number of rotatable bonds is 5. The molecule has 0 bridgehead atoms. The molecule has 1 unspecified atom stereocenters. The van der Waals surface area contributed by atoms with Gasteiger partial charge in [0.2, 0.25) is 0 Å². The van der Waals surface area contributed by atoms with Gasteiger partial charge in [-0.3, -0.25) is 9.58 Å². The molecule has 0 aliphatic carbocycles. The predicted octanol–water partition coefficient (Wildman–Crippen LogP) is 0.352. The third-order valence-electron chi connectivity index (χ3n) is 3.36. The lowest BCUT2D eigenvalue weighted by Gasteiger charge is -2.35. The summed E-state index contributed by atoms with van der Waals surface area (Å²) in [7, 11) is -1.28. The maximum absolute atomic E-state index is 11.5. The maximum atomic E-state index is 11.5. The van der Waals surface area contributed by atoms with Crippen molar-refractivity contribution in [2.24, 2.45) is 7.05 Å². The van der Waals surface area contributed by atoms with E-state index >= 15 is 0 Å². The van der Waals surface area contributed by atoms with Crippen LogP contribution < -0.4 is 0 Å². The normalized spacial score (nSPS) is 21.4. The van der Waals surface area contributed by atoms with E-state index in [4.69, 9.17) is 4.74 Å². The molecule has 2 rings (SSSR count). The summed E-state index contributed by atoms with van der Waals surface area (Å²) in [5, 5.41) is 5.17. The second kappa shape index (κ2) is 5.85. The Bertz CT molecular complexity index is 538. The summed E-state index contributed by atoms with van der Waals surface area (Å²) >= 11 is 0. The molecule has 2 heterocycles. The zero-order chi connectivity index (χ0) is 13.9. The van der Waals surface area contributed by atoms with Gasteiger partial charge in [-0.15, -0.1) is 0 Å². The van der Waals surface area contributed by atoms with Crippen molar-refractivity contribution < 1.29 is 13.2 Å². The number of hydrogen-bond acceptors (Lipinski definition) is 5. The largest absolute Gasteiger partial charge is 0.378 e. The van der Waals surface area contributed by atoms with Crippen LogP contribution in [0.3, 0.4) is 0 Å². The Hall–Kier alpha value is -1.18. The van der Waals surface area contributed by atoms with E-state index in [9.17, 15) is 8.42 Å². The van der Waals surface area contributed by atoms with Crippen molar-refractivity contribution in [3.05, 3.63) is 29.9 Å². The molecule has 0 aromatic carbocycles. The van der Waals surface area contributed by atoms with Gasteiger partial charge in [0.15, 0.2) is 9.84 Å². The molecule has 0 radical (unpaired) electrons. The van der Waals surface area contributed by atoms with Crippen molar-refractivity contribution in [2.45, 2.75) is 6.04 Å². The van der Waals surface area contributed by atoms with Gasteiger partial charge in [0, 0.05) is 31.7 Å². The highest BCUT2D eigenvalue weighted by molar-refractivity contribution is 7.94. The predicted molar refractivity (Wildman–Crippen MR) is 72.3 cm³/mol. The van der Waals surface area contributed by atoms with Crippen LogP contribution in [0.4, 0.5) is 0 Å². The third kappa shape index (κ3) is 3.43. The molecule has 1 aromatic rings. The van der Waals surface area contributed by atoms with Crippen LogP contribution in [0.5, 0.6) is 0 Å². The minimum absolute atomic E-state index is 0.0567. The summed E-state index contributed by atoms with van der Waals surface area (Å²) in [5.74, 6) is 0.0881. The highest BCUT2D eigenvalue weighted by Crippen LogP contribution is 2.23. The first-order valence-electron chi connectivity index (χ1n) is 6.18. The van der Waals surface area contributed by atoms with Crippen LogP contribution in [0, 0.1) is 0 Å². The van der Waals surface area contributed by atoms with Gasteiger partial charge in [0.1, 0.15) is 0 Å². The number of aromatic nitrogens is 2. The Kier molecular flexibility index (Phi) is 4.38. The molecule has 1 fully saturated rings. The summed E-state index contributed by atoms with van der Waals surface area (Å²) in [4.78, 5) is 2.13. The van der Waals surface area contributed by atoms with Crippen LogP contribution >= 0.6 is 0 Å². The van der Waals surface area contributed by atoms with Gasteiger partial charge in [0.25, 0.3) is 0 Å². The molecule has 19 heavy (non-hydrogen) atoms. The number of nitrogens with zero attached hydrogens (tertiary/aromatic N) is 3. The van der Waals surface area contributed by atoms with E-state index in [1.807, 2.05) is 13.1 Å². The first-order valence-corrected chi connectivity index (χ1v) is 7.90. The molecule has 1 atom stereocenters. The molecule has 0 N–H and O–H groups in total. The number of aryl methyl sites for hydroxylation is 1. The molecular formula is C12H19N3O3S. The van der Waals surface area contributed by atoms with Gasteiger partial charge in [-0.25, -0.2) is 8.42 Å². The minimum atomic E-state index is -3.16. The summed E-state index contributed by atoms with van der Waals surface area (Å²) in [5.41, 5.74) is 1.04. The second-order valence-electron chi connectivity index (χ2n) is 4.54. The van der Waals surface area contributed by atoms with Crippen molar-refractivity contribution in [3.8, 4) is 0 Å². The molecule has 106 valence electrons. The van der Waals surface area contributed by atoms with Gasteiger partial charge < -0.3 is 4.74 Å². The molecule has 0 spiro atoms. The summed E-state index contributed by atoms with van der Waals surface area (Å²) in [6.45, 7) is 5.73. The number of hydrogen-bond donors (Lipinski definition) is 0. The Balaban J connectivity index is 2.09. The third-order valence-corrected chi connectivity index (χ3v) is 4.62. The molecular weight excluding hydrogens is 266 g/mol. The maximum Gasteiger partial charge on any atom is 0.172 e. The van der Waals surface area contributed by atoms with Crippen molar-refractivity contribution >= 4 is 9.84 Å². The van der Waals surface area contributed by atoms with Gasteiger partial charge >= 0.3 is 0 Å². The molecule has 1 aromatic heterocycles. The fourth-order valence-electron chi connectivity index (χ4n) is 2.22. The molecule has 1 saturated heterocycles. The van der Waals surface area contributed by atoms with E-state index in [1.54, 1.807) is 10.9 Å². The lowest BCUT2D eigenvalue weighted by Crippen LogP contribution is -2.42. The molecule has 1 aliphatic rings. The van der Waals surface area contributed by atoms with E-state index in [0.717, 1.165) is 17.6 Å². The van der Waals surface area contributed by atoms with E-state index < -0.39 is 9.84 Å². The molecule has 0 amide bonds. The van der Waals surface area contributed by atoms with Crippen LogP contribution in [0.15, 0.2) is 24.3 Å². The van der Waals surface area contributed by atoms with Gasteiger partial charge in [-0.1, -0.05) is 6.58 Å². The first-order chi connectivity index (χ1) is 9.03. The number of ether oxygens (including phenoxy) is 1. The fraction of sp³-hybridized carbons (Fsp3) is 0.583. The SMILES string of the molecule is C=CS(=O)(=O)CCN1CCOCC1c1ccnn1C. The van der Waals surface area contributed by atoms with E-state index in [0.29, 0.717) is 19.8 Å². The average molecular weight is 285 g/mol. The fourth-order valence-corrected chi connectivity index (χ4v) is 2.87. The summed E-state index contributed by atoms with van der Waals surface area (Å²) in [6.07, 6.45) is 1.74. The standard InChI is InChI=1S/C12H19N3O3S/c1-3-19(16,17)9-7-15-6-8-18-10-12(15)11-4-5-13-14(11)2/h3-5,12H,1,6-10H2,2H3. The van der Waals surface area contributed by atoms with Gasteiger partial charge in [-0.05, 0) is 6.07 Å². The van der Waals surface area contributed by atoms with E-state index in [2.05, 4.69) is 16.6 Å². The smallest absolute Gasteiger partial charge is 0.172 e. The first kappa shape index (κ1) is 14.2. The van der Waals surface area contributed by atoms with Crippen molar-refractivity contribution in [2.75, 3.05) is 32.1 Å². The summed E-state index contributed by atoms with van der Waals surface area (Å²) < 4.78 is 30.3. The topological polar surface area (TPSA) is 64.4 Å². The Morgan fingerprint density at radius 1 is 1.63 bits per heavy atom. The van der Waals surface area contributed by atoms with Crippen LogP contribution in [0.1, 0.15) is 11.7 Å². The average Bonchev–Trinajstić information content (AvgIpc) is 2.83. The molecule has 1 aliphatic heterocycles. The van der Waals surface area contributed by atoms with Gasteiger partial charge in [-0.2, -0.15) is 5.10 Å². The molecule has 6 nitrogen and oxygen atoms in total. The van der Waals surface area contributed by atoms with Gasteiger partial charge in [0.05, 0.1) is 30.7 Å². The van der Waals surface area contributed by atoms with Crippen molar-refractivity contribution in [1.29, 1.82) is 0 Å².